The van der Waals surface area contributed by atoms with E-state index < -0.39 is 0 Å². The summed E-state index contributed by atoms with van der Waals surface area (Å²) in [4.78, 5) is 15.9. The Balaban J connectivity index is 1.73. The number of hydrogen-bond donors (Lipinski definition) is 2. The van der Waals surface area contributed by atoms with E-state index in [2.05, 4.69) is 20.5 Å². The molecule has 0 saturated heterocycles. The number of ether oxygens (including phenoxy) is 1. The van der Waals surface area contributed by atoms with E-state index in [1.54, 1.807) is 0 Å². The SMILES string of the molecule is Cc1nc([C@@H](C)NC(=O)COCc2ccccc2)n[nH]1. The maximum Gasteiger partial charge on any atom is 0.246 e. The van der Waals surface area contributed by atoms with Crippen LogP contribution in [0.1, 0.15) is 30.2 Å². The van der Waals surface area contributed by atoms with Gasteiger partial charge in [-0.15, -0.1) is 0 Å². The van der Waals surface area contributed by atoms with Crippen LogP contribution in [-0.2, 0) is 16.1 Å². The number of aromatic nitrogens is 3. The summed E-state index contributed by atoms with van der Waals surface area (Å²) < 4.78 is 5.36. The maximum absolute atomic E-state index is 11.7. The average molecular weight is 274 g/mol. The van der Waals surface area contributed by atoms with Gasteiger partial charge in [0.15, 0.2) is 5.82 Å². The summed E-state index contributed by atoms with van der Waals surface area (Å²) >= 11 is 0. The van der Waals surface area contributed by atoms with Crippen molar-refractivity contribution in [3.8, 4) is 0 Å². The number of H-pyrrole nitrogens is 1. The highest BCUT2D eigenvalue weighted by Crippen LogP contribution is 2.05. The summed E-state index contributed by atoms with van der Waals surface area (Å²) in [7, 11) is 0. The van der Waals surface area contributed by atoms with Gasteiger partial charge in [0.25, 0.3) is 0 Å². The molecule has 0 bridgehead atoms. The number of nitrogens with zero attached hydrogens (tertiary/aromatic N) is 2. The van der Waals surface area contributed by atoms with E-state index in [1.165, 1.54) is 0 Å². The third kappa shape index (κ3) is 4.17. The standard InChI is InChI=1S/C14H18N4O2/c1-10(14-16-11(2)17-18-14)15-13(19)9-20-8-12-6-4-3-5-7-12/h3-7,10H,8-9H2,1-2H3,(H,15,19)(H,16,17,18)/t10-/m1/s1. The summed E-state index contributed by atoms with van der Waals surface area (Å²) in [5.74, 6) is 1.11. The molecule has 0 fully saturated rings. The second-order valence-electron chi connectivity index (χ2n) is 4.55. The first-order valence-electron chi connectivity index (χ1n) is 6.45. The lowest BCUT2D eigenvalue weighted by molar-refractivity contribution is -0.126. The Kier molecular flexibility index (Phi) is 4.84. The number of rotatable bonds is 6. The van der Waals surface area contributed by atoms with Crippen molar-refractivity contribution in [2.45, 2.75) is 26.5 Å². The Hall–Kier alpha value is -2.21. The van der Waals surface area contributed by atoms with E-state index in [1.807, 2.05) is 44.2 Å². The third-order valence-corrected chi connectivity index (χ3v) is 2.72. The maximum atomic E-state index is 11.7. The zero-order valence-electron chi connectivity index (χ0n) is 11.6. The third-order valence-electron chi connectivity index (χ3n) is 2.72. The highest BCUT2D eigenvalue weighted by molar-refractivity contribution is 5.77. The summed E-state index contributed by atoms with van der Waals surface area (Å²) in [5.41, 5.74) is 1.04. The second-order valence-corrected chi connectivity index (χ2v) is 4.55. The molecule has 1 amide bonds. The minimum Gasteiger partial charge on any atom is -0.367 e. The van der Waals surface area contributed by atoms with Gasteiger partial charge in [0, 0.05) is 0 Å². The minimum atomic E-state index is -0.243. The molecule has 0 unspecified atom stereocenters. The molecule has 0 aliphatic rings. The van der Waals surface area contributed by atoms with Gasteiger partial charge < -0.3 is 10.1 Å². The van der Waals surface area contributed by atoms with Gasteiger partial charge in [-0.2, -0.15) is 5.10 Å². The van der Waals surface area contributed by atoms with Crippen LogP contribution >= 0.6 is 0 Å². The molecule has 2 N–H and O–H groups in total. The summed E-state index contributed by atoms with van der Waals surface area (Å²) in [6, 6.07) is 9.48. The highest BCUT2D eigenvalue weighted by Gasteiger charge is 2.13. The largest absolute Gasteiger partial charge is 0.367 e. The van der Waals surface area contributed by atoms with Crippen molar-refractivity contribution in [1.82, 2.24) is 20.5 Å². The van der Waals surface area contributed by atoms with Crippen LogP contribution in [0.15, 0.2) is 30.3 Å². The number of carbonyl (C=O) groups is 1. The number of carbonyl (C=O) groups excluding carboxylic acids is 1. The van der Waals surface area contributed by atoms with E-state index in [0.29, 0.717) is 12.4 Å². The fraction of sp³-hybridized carbons (Fsp3) is 0.357. The fourth-order valence-electron chi connectivity index (χ4n) is 1.74. The lowest BCUT2D eigenvalue weighted by atomic mass is 10.2. The van der Waals surface area contributed by atoms with Gasteiger partial charge in [0.05, 0.1) is 12.6 Å². The smallest absolute Gasteiger partial charge is 0.246 e. The van der Waals surface area contributed by atoms with E-state index >= 15 is 0 Å². The van der Waals surface area contributed by atoms with Crippen LogP contribution in [0.25, 0.3) is 0 Å². The van der Waals surface area contributed by atoms with E-state index in [0.717, 1.165) is 11.4 Å². The van der Waals surface area contributed by atoms with Crippen LogP contribution in [0, 0.1) is 6.92 Å². The van der Waals surface area contributed by atoms with Crippen molar-refractivity contribution in [1.29, 1.82) is 0 Å². The quantitative estimate of drug-likeness (QED) is 0.836. The Labute approximate surface area is 117 Å². The normalized spacial score (nSPS) is 12.1. The molecular weight excluding hydrogens is 256 g/mol. The first kappa shape index (κ1) is 14.2. The van der Waals surface area contributed by atoms with Crippen molar-refractivity contribution in [2.24, 2.45) is 0 Å². The van der Waals surface area contributed by atoms with Gasteiger partial charge in [-0.05, 0) is 19.4 Å². The van der Waals surface area contributed by atoms with E-state index in [4.69, 9.17) is 4.74 Å². The predicted octanol–water partition coefficient (Wildman–Crippen LogP) is 1.51. The number of benzene rings is 1. The number of nitrogens with one attached hydrogen (secondary N) is 2. The molecule has 106 valence electrons. The molecule has 1 aromatic heterocycles. The molecule has 0 aliphatic carbocycles. The van der Waals surface area contributed by atoms with Crippen molar-refractivity contribution < 1.29 is 9.53 Å². The Bertz CT molecular complexity index is 553. The molecule has 0 spiro atoms. The minimum absolute atomic E-state index is 0.0165. The van der Waals surface area contributed by atoms with Gasteiger partial charge in [-0.1, -0.05) is 30.3 Å². The zero-order chi connectivity index (χ0) is 14.4. The molecule has 6 heteroatoms. The molecule has 20 heavy (non-hydrogen) atoms. The van der Waals surface area contributed by atoms with Gasteiger partial charge in [-0.3, -0.25) is 9.89 Å². The van der Waals surface area contributed by atoms with Crippen molar-refractivity contribution >= 4 is 5.91 Å². The molecule has 2 aromatic rings. The van der Waals surface area contributed by atoms with Gasteiger partial charge in [0.2, 0.25) is 5.91 Å². The van der Waals surface area contributed by atoms with Gasteiger partial charge in [-0.25, -0.2) is 4.98 Å². The van der Waals surface area contributed by atoms with Crippen LogP contribution in [0.4, 0.5) is 0 Å². The van der Waals surface area contributed by atoms with Crippen LogP contribution in [0.5, 0.6) is 0 Å². The molecule has 2 rings (SSSR count). The molecule has 0 radical (unpaired) electrons. The molecule has 0 aliphatic heterocycles. The lowest BCUT2D eigenvalue weighted by Crippen LogP contribution is -2.30. The number of aryl methyl sites for hydroxylation is 1. The lowest BCUT2D eigenvalue weighted by Gasteiger charge is -2.10. The van der Waals surface area contributed by atoms with Crippen molar-refractivity contribution in [3.63, 3.8) is 0 Å². The molecule has 1 heterocycles. The Morgan fingerprint density at radius 2 is 2.15 bits per heavy atom. The van der Waals surface area contributed by atoms with Crippen molar-refractivity contribution in [2.75, 3.05) is 6.61 Å². The molecular formula is C14H18N4O2. The highest BCUT2D eigenvalue weighted by atomic mass is 16.5. The Morgan fingerprint density at radius 3 is 2.80 bits per heavy atom. The van der Waals surface area contributed by atoms with Crippen LogP contribution in [-0.4, -0.2) is 27.7 Å². The van der Waals surface area contributed by atoms with Crippen LogP contribution in [0.2, 0.25) is 0 Å². The predicted molar refractivity (Wildman–Crippen MR) is 73.8 cm³/mol. The number of aromatic amines is 1. The summed E-state index contributed by atoms with van der Waals surface area (Å²) in [6.45, 7) is 4.08. The second kappa shape index (κ2) is 6.81. The van der Waals surface area contributed by atoms with E-state index in [-0.39, 0.29) is 18.6 Å². The van der Waals surface area contributed by atoms with Gasteiger partial charge in [0.1, 0.15) is 12.4 Å². The monoisotopic (exact) mass is 274 g/mol. The zero-order valence-corrected chi connectivity index (χ0v) is 11.6. The topological polar surface area (TPSA) is 79.9 Å². The number of hydrogen-bond acceptors (Lipinski definition) is 4. The first-order chi connectivity index (χ1) is 9.65. The van der Waals surface area contributed by atoms with E-state index in [9.17, 15) is 4.79 Å². The number of amides is 1. The molecule has 1 atom stereocenters. The van der Waals surface area contributed by atoms with Crippen LogP contribution < -0.4 is 5.32 Å². The van der Waals surface area contributed by atoms with Crippen molar-refractivity contribution in [3.05, 3.63) is 47.5 Å². The molecule has 0 saturated carbocycles. The summed E-state index contributed by atoms with van der Waals surface area (Å²) in [6.07, 6.45) is 0. The van der Waals surface area contributed by atoms with Crippen LogP contribution in [0.3, 0.4) is 0 Å². The Morgan fingerprint density at radius 1 is 1.40 bits per heavy atom. The molecule has 1 aromatic carbocycles. The fourth-order valence-corrected chi connectivity index (χ4v) is 1.74. The molecule has 6 nitrogen and oxygen atoms in total. The average Bonchev–Trinajstić information content (AvgIpc) is 2.87. The first-order valence-corrected chi connectivity index (χ1v) is 6.45. The summed E-state index contributed by atoms with van der Waals surface area (Å²) in [5, 5.41) is 9.54. The van der Waals surface area contributed by atoms with Gasteiger partial charge >= 0.3 is 0 Å².